The molecule has 0 radical (unpaired) electrons. The minimum absolute atomic E-state index is 0.262. The van der Waals surface area contributed by atoms with Crippen molar-refractivity contribution in [1.82, 2.24) is 45.0 Å². The molecule has 3 unspecified atom stereocenters. The number of nitrogen functional groups attached to an aromatic ring is 1. The number of hydrogen-bond acceptors (Lipinski definition) is 26. The number of anilines is 8. The summed E-state index contributed by atoms with van der Waals surface area (Å²) in [5.74, 6) is 11.1. The van der Waals surface area contributed by atoms with Crippen LogP contribution in [-0.4, -0.2) is 205 Å². The van der Waals surface area contributed by atoms with Crippen LogP contribution in [0.25, 0.3) is 0 Å². The Morgan fingerprint density at radius 2 is 0.962 bits per heavy atom. The van der Waals surface area contributed by atoms with Crippen LogP contribution in [0.3, 0.4) is 0 Å². The first-order valence-corrected chi connectivity index (χ1v) is 36.7. The number of aryl methyl sites for hydroxylation is 3. The topological polar surface area (TPSA) is 308 Å². The Bertz CT molecular complexity index is 3540. The summed E-state index contributed by atoms with van der Waals surface area (Å²) in [6.07, 6.45) is 9.53. The molecular formula is C76H112ClN15O12. The van der Waals surface area contributed by atoms with Gasteiger partial charge in [-0.25, -0.2) is 24.7 Å². The summed E-state index contributed by atoms with van der Waals surface area (Å²) in [4.78, 5) is 50.7. The molecule has 12 rings (SSSR count). The highest BCUT2D eigenvalue weighted by Crippen LogP contribution is 2.35. The van der Waals surface area contributed by atoms with Crippen molar-refractivity contribution in [2.24, 2.45) is 35.5 Å². The van der Waals surface area contributed by atoms with Crippen LogP contribution in [0.4, 0.5) is 51.2 Å². The molecule has 0 bridgehead atoms. The van der Waals surface area contributed by atoms with E-state index in [2.05, 4.69) is 73.8 Å². The van der Waals surface area contributed by atoms with Gasteiger partial charge in [0.05, 0.1) is 41.2 Å². The van der Waals surface area contributed by atoms with Gasteiger partial charge in [-0.15, -0.1) is 0 Å². The first kappa shape index (κ1) is 81.2. The van der Waals surface area contributed by atoms with E-state index in [-0.39, 0.29) is 12.0 Å². The van der Waals surface area contributed by atoms with E-state index in [4.69, 9.17) is 69.5 Å². The zero-order valence-electron chi connectivity index (χ0n) is 62.6. The van der Waals surface area contributed by atoms with Gasteiger partial charge >= 0.3 is 6.09 Å². The van der Waals surface area contributed by atoms with Crippen LogP contribution in [-0.2, 0) is 23.7 Å². The maximum atomic E-state index is 12.1. The summed E-state index contributed by atoms with van der Waals surface area (Å²) in [6, 6.07) is 22.8. The van der Waals surface area contributed by atoms with E-state index in [1.807, 2.05) is 103 Å². The lowest BCUT2D eigenvalue weighted by Gasteiger charge is -2.24. The smallest absolute Gasteiger partial charge is 0.410 e. The summed E-state index contributed by atoms with van der Waals surface area (Å²) < 4.78 is 55.9. The molecule has 27 nitrogen and oxygen atoms in total. The molecule has 3 atom stereocenters. The lowest BCUT2D eigenvalue weighted by molar-refractivity contribution is -0.0980. The number of hydrogen-bond donors (Lipinski definition) is 7. The number of likely N-dealkylation sites (tertiary alicyclic amines) is 2. The van der Waals surface area contributed by atoms with Crippen LogP contribution in [0.15, 0.2) is 72.8 Å². The van der Waals surface area contributed by atoms with Crippen molar-refractivity contribution in [3.63, 3.8) is 0 Å². The van der Waals surface area contributed by atoms with Gasteiger partial charge in [0.2, 0.25) is 17.2 Å². The molecule has 8 N–H and O–H groups in total. The first-order chi connectivity index (χ1) is 50.3. The highest BCUT2D eigenvalue weighted by atomic mass is 35.5. The average Bonchev–Trinajstić information content (AvgIpc) is 1.28. The SMILES string of the molecule is C=O.COc1ccc(N)cc1OCC1CCN(C(=O)OC(C)(C)C)C1.COc1ccc(Nc2nc(C)cc(NCC3CCOCC3)n2)cc1OCC1CCN(C)C1.COc1ccc(Nc2nc(C)cc(NCC3CCOCC3)n2)cc1OCC1CCNC1.Cc1cc(NCC2CCOCC2)nc(Cl)n1. The molecule has 9 heterocycles. The van der Waals surface area contributed by atoms with Crippen LogP contribution in [0.1, 0.15) is 95.6 Å². The lowest BCUT2D eigenvalue weighted by atomic mass is 10.0. The quantitative estimate of drug-likeness (QED) is 0.0207. The van der Waals surface area contributed by atoms with Gasteiger partial charge < -0.3 is 99.6 Å². The fraction of sp³-hybridized carbons (Fsp3) is 0.579. The molecule has 0 spiro atoms. The predicted octanol–water partition coefficient (Wildman–Crippen LogP) is 12.1. The maximum absolute atomic E-state index is 12.1. The third-order valence-electron chi connectivity index (χ3n) is 18.3. The summed E-state index contributed by atoms with van der Waals surface area (Å²) in [6.45, 7) is 28.8. The van der Waals surface area contributed by atoms with Crippen molar-refractivity contribution in [3.05, 3.63) is 95.2 Å². The normalized spacial score (nSPS) is 18.5. The zero-order chi connectivity index (χ0) is 74.2. The number of nitrogens with two attached hydrogens (primary N) is 1. The van der Waals surface area contributed by atoms with E-state index in [0.29, 0.717) is 96.9 Å². The highest BCUT2D eigenvalue weighted by molar-refractivity contribution is 6.28. The van der Waals surface area contributed by atoms with Gasteiger partial charge in [0, 0.05) is 174 Å². The molecular weight excluding hydrogens is 1350 g/mol. The molecule has 0 aliphatic carbocycles. The van der Waals surface area contributed by atoms with E-state index < -0.39 is 5.60 Å². The first-order valence-electron chi connectivity index (χ1n) is 36.4. The molecule has 6 fully saturated rings. The van der Waals surface area contributed by atoms with Crippen molar-refractivity contribution >= 4 is 70.9 Å². The minimum Gasteiger partial charge on any atom is -0.493 e. The molecule has 104 heavy (non-hydrogen) atoms. The Kier molecular flexibility index (Phi) is 33.2. The van der Waals surface area contributed by atoms with Gasteiger partial charge in [-0.3, -0.25) is 0 Å². The van der Waals surface area contributed by atoms with Gasteiger partial charge in [0.1, 0.15) is 29.8 Å². The molecule has 6 aliphatic rings. The summed E-state index contributed by atoms with van der Waals surface area (Å²) in [5.41, 5.74) is 10.4. The number of benzene rings is 3. The lowest BCUT2D eigenvalue weighted by Crippen LogP contribution is -2.35. The van der Waals surface area contributed by atoms with Crippen molar-refractivity contribution in [2.45, 2.75) is 105 Å². The van der Waals surface area contributed by atoms with Crippen LogP contribution >= 0.6 is 11.6 Å². The number of nitrogens with zero attached hydrogens (tertiary/aromatic N) is 8. The Balaban J connectivity index is 0.000000179. The van der Waals surface area contributed by atoms with Crippen LogP contribution in [0.5, 0.6) is 34.5 Å². The van der Waals surface area contributed by atoms with Crippen molar-refractivity contribution < 1.29 is 57.0 Å². The Morgan fingerprint density at radius 3 is 1.38 bits per heavy atom. The number of rotatable bonds is 25. The second-order valence-electron chi connectivity index (χ2n) is 28.1. The van der Waals surface area contributed by atoms with Gasteiger partial charge in [-0.05, 0) is 185 Å². The van der Waals surface area contributed by atoms with Crippen molar-refractivity contribution in [2.75, 3.05) is 179 Å². The van der Waals surface area contributed by atoms with Crippen molar-refractivity contribution in [1.29, 1.82) is 0 Å². The Morgan fingerprint density at radius 1 is 0.538 bits per heavy atom. The highest BCUT2D eigenvalue weighted by Gasteiger charge is 2.31. The average molecular weight is 1460 g/mol. The number of carbonyl (C=O) groups is 2. The van der Waals surface area contributed by atoms with Crippen LogP contribution < -0.4 is 66.1 Å². The summed E-state index contributed by atoms with van der Waals surface area (Å²) in [5, 5.41) is 20.5. The molecule has 3 aromatic carbocycles. The maximum Gasteiger partial charge on any atom is 0.410 e. The predicted molar refractivity (Wildman–Crippen MR) is 407 cm³/mol. The number of methoxy groups -OCH3 is 3. The van der Waals surface area contributed by atoms with Crippen LogP contribution in [0, 0.1) is 56.3 Å². The van der Waals surface area contributed by atoms with Gasteiger partial charge in [-0.2, -0.15) is 9.97 Å². The molecule has 6 aromatic rings. The fourth-order valence-electron chi connectivity index (χ4n) is 12.6. The molecule has 6 aliphatic heterocycles. The van der Waals surface area contributed by atoms with E-state index in [0.717, 1.165) is 212 Å². The second-order valence-corrected chi connectivity index (χ2v) is 28.4. The molecule has 570 valence electrons. The molecule has 1 amide bonds. The fourth-order valence-corrected chi connectivity index (χ4v) is 12.8. The Labute approximate surface area is 619 Å². The number of ether oxygens (including phenoxy) is 10. The summed E-state index contributed by atoms with van der Waals surface area (Å²) >= 11 is 5.79. The minimum atomic E-state index is -0.472. The van der Waals surface area contributed by atoms with Gasteiger partial charge in [-0.1, -0.05) is 0 Å². The third-order valence-corrected chi connectivity index (χ3v) is 18.5. The third kappa shape index (κ3) is 28.2. The number of aromatic nitrogens is 6. The monoisotopic (exact) mass is 1460 g/mol. The van der Waals surface area contributed by atoms with E-state index in [9.17, 15) is 4.79 Å². The van der Waals surface area contributed by atoms with E-state index in [1.165, 1.54) is 0 Å². The van der Waals surface area contributed by atoms with E-state index >= 15 is 0 Å². The standard InChI is InChI=1S/C24H35N5O3.C23H33N5O3.C17H26N2O4.C11H16ClN3O.CH2O/c1-17-12-23(25-14-18-7-10-31-11-8-18)28-24(26-17)27-20-4-5-21(30-3)22(13-20)32-16-19-6-9-29(2)15-19;1-16-11-22(25-14-17-6-9-30-10-7-17)28-23(26-16)27-19-3-4-20(29-2)21(12-19)31-15-18-5-8-24-13-18;1-17(2,3)23-16(20)19-8-7-12(10-19)11-22-15-9-13(18)5-6-14(15)21-4;1-8-6-10(15-11(12)14-8)13-7-9-2-4-16-5-3-9;1-2/h4-5,12-13,18-19H,6-11,14-16H2,1-3H3,(H2,25,26,27,28);3-4,11-12,17-18,24H,5-10,13-15H2,1-2H3,(H2,25,26,27,28);5-6,9,12H,7-8,10-11,18H2,1-4H3;6,9H,2-5,7H2,1H3,(H,13,14,15);1H2. The van der Waals surface area contributed by atoms with Crippen LogP contribution in [0.2, 0.25) is 5.28 Å². The van der Waals surface area contributed by atoms with Gasteiger partial charge in [0.15, 0.2) is 34.5 Å². The molecule has 6 saturated heterocycles. The number of carbonyl (C=O) groups excluding carboxylic acids is 2. The number of amides is 1. The largest absolute Gasteiger partial charge is 0.493 e. The van der Waals surface area contributed by atoms with Crippen molar-refractivity contribution in [3.8, 4) is 34.5 Å². The number of halogens is 1. The molecule has 28 heteroatoms. The summed E-state index contributed by atoms with van der Waals surface area (Å²) in [7, 11) is 7.07. The Hall–Kier alpha value is -8.47. The second kappa shape index (κ2) is 42.5. The molecule has 0 saturated carbocycles. The molecule has 3 aromatic heterocycles. The number of nitrogens with one attached hydrogen (secondary N) is 6. The van der Waals surface area contributed by atoms with Gasteiger partial charge in [0.25, 0.3) is 0 Å². The zero-order valence-corrected chi connectivity index (χ0v) is 63.4. The van der Waals surface area contributed by atoms with E-state index in [1.54, 1.807) is 44.4 Å².